The van der Waals surface area contributed by atoms with Gasteiger partial charge in [0.25, 0.3) is 10.0 Å². The van der Waals surface area contributed by atoms with E-state index < -0.39 is 22.6 Å². The van der Waals surface area contributed by atoms with E-state index in [4.69, 9.17) is 9.47 Å². The number of esters is 1. The lowest BCUT2D eigenvalue weighted by Crippen LogP contribution is -2.17. The average molecular weight is 485 g/mol. The van der Waals surface area contributed by atoms with Crippen LogP contribution >= 0.6 is 0 Å². The quantitative estimate of drug-likeness (QED) is 0.342. The Labute approximate surface area is 199 Å². The Bertz CT molecular complexity index is 1260. The Balaban J connectivity index is 1.64. The molecule has 34 heavy (non-hydrogen) atoms. The summed E-state index contributed by atoms with van der Waals surface area (Å²) >= 11 is 0. The smallest absolute Gasteiger partial charge is 0.338 e. The highest BCUT2D eigenvalue weighted by atomic mass is 32.2. The van der Waals surface area contributed by atoms with Crippen molar-refractivity contribution in [3.05, 3.63) is 83.2 Å². The number of anilines is 1. The number of nitrogens with zero attached hydrogens (tertiary/aromatic N) is 1. The summed E-state index contributed by atoms with van der Waals surface area (Å²) in [6, 6.07) is 15.6. The number of Topliss-reactive ketones (excluding diaryl/α,β-unsaturated/α-hetero) is 1. The van der Waals surface area contributed by atoms with Crippen LogP contribution in [0, 0.1) is 13.8 Å². The summed E-state index contributed by atoms with van der Waals surface area (Å²) in [4.78, 5) is 25.1. The fourth-order valence-corrected chi connectivity index (χ4v) is 4.89. The zero-order valence-corrected chi connectivity index (χ0v) is 20.4. The molecule has 3 rings (SSSR count). The van der Waals surface area contributed by atoms with E-state index in [1.807, 2.05) is 25.3 Å². The van der Waals surface area contributed by atoms with Crippen LogP contribution in [0.25, 0.3) is 0 Å². The highest BCUT2D eigenvalue weighted by Crippen LogP contribution is 2.22. The van der Waals surface area contributed by atoms with E-state index in [-0.39, 0.29) is 22.3 Å². The molecule has 0 aliphatic rings. The number of sulfonamides is 1. The van der Waals surface area contributed by atoms with Gasteiger partial charge in [0.05, 0.1) is 23.1 Å². The predicted molar refractivity (Wildman–Crippen MR) is 129 cm³/mol. The molecule has 1 aromatic heterocycles. The number of hydrogen-bond acceptors (Lipinski definition) is 6. The van der Waals surface area contributed by atoms with Crippen molar-refractivity contribution in [2.24, 2.45) is 0 Å². The summed E-state index contributed by atoms with van der Waals surface area (Å²) in [5.41, 5.74) is 2.76. The van der Waals surface area contributed by atoms with Gasteiger partial charge >= 0.3 is 5.97 Å². The average Bonchev–Trinajstić information content (AvgIpc) is 3.11. The lowest BCUT2D eigenvalue weighted by atomic mass is 10.1. The van der Waals surface area contributed by atoms with Crippen LogP contribution in [0.15, 0.2) is 65.6 Å². The molecule has 0 fully saturated rings. The standard InChI is InChI=1S/C25H28N2O6S/c1-17-14-23(19(3)27(17)18(2)15-32-4)24(28)16-33-25(29)20-10-12-22(13-11-20)34(30,31)26-21-8-6-5-7-9-21/h5-14,18,26H,15-16H2,1-4H3. The van der Waals surface area contributed by atoms with Crippen LogP contribution in [0.1, 0.15) is 45.1 Å². The molecule has 0 radical (unpaired) electrons. The zero-order valence-electron chi connectivity index (χ0n) is 19.6. The lowest BCUT2D eigenvalue weighted by Gasteiger charge is -2.17. The number of aryl methyl sites for hydroxylation is 1. The number of methoxy groups -OCH3 is 1. The Morgan fingerprint density at radius 1 is 1.03 bits per heavy atom. The minimum Gasteiger partial charge on any atom is -0.454 e. The Kier molecular flexibility index (Phi) is 7.90. The van der Waals surface area contributed by atoms with Crippen LogP contribution in [0.4, 0.5) is 5.69 Å². The number of ketones is 1. The van der Waals surface area contributed by atoms with Gasteiger partial charge in [0.15, 0.2) is 6.61 Å². The van der Waals surface area contributed by atoms with Crippen molar-refractivity contribution in [3.8, 4) is 0 Å². The first kappa shape index (κ1) is 25.2. The zero-order chi connectivity index (χ0) is 24.9. The fraction of sp³-hybridized carbons (Fsp3) is 0.280. The molecule has 1 atom stereocenters. The topological polar surface area (TPSA) is 104 Å². The van der Waals surface area contributed by atoms with Crippen molar-refractivity contribution >= 4 is 27.5 Å². The van der Waals surface area contributed by atoms with E-state index in [1.165, 1.54) is 24.3 Å². The number of ether oxygens (including phenoxy) is 2. The number of aromatic nitrogens is 1. The third-order valence-electron chi connectivity index (χ3n) is 5.39. The molecule has 0 bridgehead atoms. The molecule has 0 aliphatic heterocycles. The molecule has 0 aliphatic carbocycles. The van der Waals surface area contributed by atoms with E-state index in [2.05, 4.69) is 4.72 Å². The highest BCUT2D eigenvalue weighted by Gasteiger charge is 2.21. The number of carbonyl (C=O) groups excluding carboxylic acids is 2. The largest absolute Gasteiger partial charge is 0.454 e. The molecule has 1 N–H and O–H groups in total. The number of nitrogens with one attached hydrogen (secondary N) is 1. The van der Waals surface area contributed by atoms with Gasteiger partial charge in [-0.2, -0.15) is 0 Å². The molecule has 8 nitrogen and oxygen atoms in total. The Morgan fingerprint density at radius 3 is 2.29 bits per heavy atom. The number of hydrogen-bond donors (Lipinski definition) is 1. The lowest BCUT2D eigenvalue weighted by molar-refractivity contribution is 0.0474. The Morgan fingerprint density at radius 2 is 1.68 bits per heavy atom. The van der Waals surface area contributed by atoms with E-state index in [1.54, 1.807) is 43.5 Å². The van der Waals surface area contributed by atoms with Gasteiger partial charge < -0.3 is 14.0 Å². The number of benzene rings is 2. The second kappa shape index (κ2) is 10.7. The first-order chi connectivity index (χ1) is 16.1. The molecule has 3 aromatic rings. The molecule has 2 aromatic carbocycles. The van der Waals surface area contributed by atoms with Gasteiger partial charge in [-0.05, 0) is 63.2 Å². The minimum absolute atomic E-state index is 0.00148. The number of para-hydroxylation sites is 1. The summed E-state index contributed by atoms with van der Waals surface area (Å²) in [7, 11) is -2.18. The van der Waals surface area contributed by atoms with Gasteiger partial charge in [-0.15, -0.1) is 0 Å². The van der Waals surface area contributed by atoms with Crippen molar-refractivity contribution in [2.75, 3.05) is 25.0 Å². The van der Waals surface area contributed by atoms with E-state index in [9.17, 15) is 18.0 Å². The summed E-state index contributed by atoms with van der Waals surface area (Å²) in [5.74, 6) is -1.03. The predicted octanol–water partition coefficient (Wildman–Crippen LogP) is 4.15. The van der Waals surface area contributed by atoms with Crippen molar-refractivity contribution in [1.82, 2.24) is 4.57 Å². The van der Waals surface area contributed by atoms with Gasteiger partial charge in [0.2, 0.25) is 5.78 Å². The maximum absolute atomic E-state index is 12.7. The van der Waals surface area contributed by atoms with Gasteiger partial charge in [-0.1, -0.05) is 18.2 Å². The van der Waals surface area contributed by atoms with E-state index in [0.29, 0.717) is 17.9 Å². The van der Waals surface area contributed by atoms with E-state index in [0.717, 1.165) is 11.4 Å². The van der Waals surface area contributed by atoms with Crippen LogP contribution in [0.2, 0.25) is 0 Å². The van der Waals surface area contributed by atoms with Crippen molar-refractivity contribution in [2.45, 2.75) is 31.7 Å². The third-order valence-corrected chi connectivity index (χ3v) is 6.79. The second-order valence-electron chi connectivity index (χ2n) is 7.95. The van der Waals surface area contributed by atoms with E-state index >= 15 is 0 Å². The molecule has 0 saturated heterocycles. The van der Waals surface area contributed by atoms with Crippen LogP contribution in [0.3, 0.4) is 0 Å². The molecular weight excluding hydrogens is 456 g/mol. The fourth-order valence-electron chi connectivity index (χ4n) is 3.84. The molecule has 180 valence electrons. The maximum Gasteiger partial charge on any atom is 0.338 e. The summed E-state index contributed by atoms with van der Waals surface area (Å²) in [5, 5.41) is 0. The molecule has 9 heteroatoms. The molecule has 1 heterocycles. The van der Waals surface area contributed by atoms with Crippen molar-refractivity contribution in [1.29, 1.82) is 0 Å². The Hall–Kier alpha value is -3.43. The molecule has 1 unspecified atom stereocenters. The SMILES string of the molecule is COCC(C)n1c(C)cc(C(=O)COC(=O)c2ccc(S(=O)(=O)Nc3ccccc3)cc2)c1C. The summed E-state index contributed by atoms with van der Waals surface area (Å²) in [6.07, 6.45) is 0. The number of rotatable bonds is 10. The van der Waals surface area contributed by atoms with Gasteiger partial charge in [-0.3, -0.25) is 9.52 Å². The van der Waals surface area contributed by atoms with Crippen molar-refractivity contribution in [3.63, 3.8) is 0 Å². The van der Waals surface area contributed by atoms with Gasteiger partial charge in [0, 0.05) is 29.7 Å². The van der Waals surface area contributed by atoms with Gasteiger partial charge in [-0.25, -0.2) is 13.2 Å². The second-order valence-corrected chi connectivity index (χ2v) is 9.64. The first-order valence-corrected chi connectivity index (χ1v) is 12.2. The van der Waals surface area contributed by atoms with Crippen LogP contribution in [-0.4, -0.2) is 45.1 Å². The molecular formula is C25H28N2O6S. The summed E-state index contributed by atoms with van der Waals surface area (Å²) < 4.78 is 39.9. The maximum atomic E-state index is 12.7. The van der Waals surface area contributed by atoms with Crippen LogP contribution < -0.4 is 4.72 Å². The molecule has 0 amide bonds. The number of carbonyl (C=O) groups is 2. The van der Waals surface area contributed by atoms with Crippen molar-refractivity contribution < 1.29 is 27.5 Å². The monoisotopic (exact) mass is 484 g/mol. The highest BCUT2D eigenvalue weighted by molar-refractivity contribution is 7.92. The minimum atomic E-state index is -3.80. The molecule has 0 spiro atoms. The third kappa shape index (κ3) is 5.73. The van der Waals surface area contributed by atoms with Crippen LogP contribution in [-0.2, 0) is 19.5 Å². The van der Waals surface area contributed by atoms with Gasteiger partial charge in [0.1, 0.15) is 0 Å². The summed E-state index contributed by atoms with van der Waals surface area (Å²) in [6.45, 7) is 5.83. The molecule has 0 saturated carbocycles. The first-order valence-electron chi connectivity index (χ1n) is 10.7. The normalized spacial score (nSPS) is 12.2. The van der Waals surface area contributed by atoms with Crippen LogP contribution in [0.5, 0.6) is 0 Å².